The Bertz CT molecular complexity index is 1300. The van der Waals surface area contributed by atoms with Gasteiger partial charge in [-0.2, -0.15) is 0 Å². The molecule has 3 aromatic carbocycles. The number of carbonyl (C=O) groups excluding carboxylic acids is 3. The fourth-order valence-corrected chi connectivity index (χ4v) is 3.59. The fourth-order valence-electron chi connectivity index (χ4n) is 3.59. The molecule has 3 N–H and O–H groups in total. The molecule has 0 aromatic heterocycles. The number of ether oxygens (including phenoxy) is 1. The Labute approximate surface area is 220 Å². The second-order valence-corrected chi connectivity index (χ2v) is 8.46. The van der Waals surface area contributed by atoms with Crippen molar-refractivity contribution in [1.29, 1.82) is 0 Å². The summed E-state index contributed by atoms with van der Waals surface area (Å²) in [7, 11) is 3.12. The van der Waals surface area contributed by atoms with Crippen molar-refractivity contribution in [2.75, 3.05) is 42.4 Å². The van der Waals surface area contributed by atoms with Crippen molar-refractivity contribution in [1.82, 2.24) is 5.32 Å². The highest BCUT2D eigenvalue weighted by molar-refractivity contribution is 6.05. The quantitative estimate of drug-likeness (QED) is 0.376. The van der Waals surface area contributed by atoms with Crippen molar-refractivity contribution in [3.05, 3.63) is 84.4 Å². The van der Waals surface area contributed by atoms with Crippen LogP contribution in [0.5, 0.6) is 5.75 Å². The molecule has 10 heteroatoms. The lowest BCUT2D eigenvalue weighted by Gasteiger charge is -2.26. The first kappa shape index (κ1) is 27.7. The number of carboxylic acid groups (broad SMARTS) is 1. The van der Waals surface area contributed by atoms with Crippen molar-refractivity contribution >= 4 is 40.9 Å². The maximum absolute atomic E-state index is 13.2. The lowest BCUT2D eigenvalue weighted by molar-refractivity contribution is -0.138. The van der Waals surface area contributed by atoms with E-state index in [0.29, 0.717) is 28.4 Å². The Morgan fingerprint density at radius 1 is 0.895 bits per heavy atom. The van der Waals surface area contributed by atoms with Gasteiger partial charge < -0.3 is 30.3 Å². The van der Waals surface area contributed by atoms with Crippen molar-refractivity contribution < 1.29 is 29.0 Å². The minimum Gasteiger partial charge on any atom is -0.497 e. The smallest absolute Gasteiger partial charge is 0.319 e. The minimum absolute atomic E-state index is 0.268. The van der Waals surface area contributed by atoms with Gasteiger partial charge in [0.05, 0.1) is 19.6 Å². The molecule has 0 radical (unpaired) electrons. The topological polar surface area (TPSA) is 128 Å². The molecule has 0 aliphatic rings. The molecule has 0 heterocycles. The number of anilines is 3. The van der Waals surface area contributed by atoms with E-state index in [2.05, 4.69) is 10.6 Å². The van der Waals surface area contributed by atoms with Gasteiger partial charge in [0.2, 0.25) is 11.8 Å². The van der Waals surface area contributed by atoms with E-state index in [4.69, 9.17) is 4.74 Å². The van der Waals surface area contributed by atoms with Gasteiger partial charge in [-0.3, -0.25) is 14.4 Å². The Balaban J connectivity index is 1.71. The van der Waals surface area contributed by atoms with Crippen LogP contribution in [0.2, 0.25) is 0 Å². The molecule has 3 aromatic rings. The number of rotatable bonds is 10. The molecule has 0 aliphatic heterocycles. The number of hydrogen-bond donors (Lipinski definition) is 3. The zero-order valence-electron chi connectivity index (χ0n) is 21.4. The molecular weight excluding hydrogens is 488 g/mol. The van der Waals surface area contributed by atoms with E-state index in [1.165, 1.54) is 16.9 Å². The number of hydrogen-bond acceptors (Lipinski definition) is 5. The molecule has 198 valence electrons. The summed E-state index contributed by atoms with van der Waals surface area (Å²) in [6.07, 6.45) is 0. The summed E-state index contributed by atoms with van der Waals surface area (Å²) >= 11 is 0. The van der Waals surface area contributed by atoms with Gasteiger partial charge in [-0.25, -0.2) is 4.79 Å². The number of para-hydroxylation sites is 1. The third-order valence-corrected chi connectivity index (χ3v) is 5.89. The SMILES string of the molecule is COc1cccc(N(CC(=O)N(C)c2ccccc2)C(=O)CNC(=O)Nc2cccc(C(C)C(=O)O)c2)c1. The van der Waals surface area contributed by atoms with Crippen molar-refractivity contribution in [3.8, 4) is 5.75 Å². The van der Waals surface area contributed by atoms with Gasteiger partial charge in [0.25, 0.3) is 0 Å². The maximum Gasteiger partial charge on any atom is 0.319 e. The van der Waals surface area contributed by atoms with E-state index < -0.39 is 30.4 Å². The van der Waals surface area contributed by atoms with Gasteiger partial charge in [-0.1, -0.05) is 36.4 Å². The predicted octanol–water partition coefficient (Wildman–Crippen LogP) is 3.70. The molecule has 1 atom stereocenters. The molecule has 0 saturated heterocycles. The first-order valence-corrected chi connectivity index (χ1v) is 11.8. The highest BCUT2D eigenvalue weighted by Gasteiger charge is 2.23. The third kappa shape index (κ3) is 7.33. The van der Waals surface area contributed by atoms with Crippen LogP contribution >= 0.6 is 0 Å². The van der Waals surface area contributed by atoms with Crippen LogP contribution in [0.1, 0.15) is 18.4 Å². The van der Waals surface area contributed by atoms with Gasteiger partial charge in [-0.05, 0) is 48.9 Å². The fraction of sp³-hybridized carbons (Fsp3) is 0.214. The number of aliphatic carboxylic acids is 1. The number of nitrogens with zero attached hydrogens (tertiary/aromatic N) is 2. The van der Waals surface area contributed by atoms with E-state index in [9.17, 15) is 24.3 Å². The van der Waals surface area contributed by atoms with Gasteiger partial charge in [-0.15, -0.1) is 0 Å². The zero-order chi connectivity index (χ0) is 27.7. The third-order valence-electron chi connectivity index (χ3n) is 5.89. The summed E-state index contributed by atoms with van der Waals surface area (Å²) in [5.74, 6) is -2.07. The van der Waals surface area contributed by atoms with Gasteiger partial charge in [0.15, 0.2) is 0 Å². The van der Waals surface area contributed by atoms with Crippen LogP contribution in [-0.4, -0.2) is 56.2 Å². The van der Waals surface area contributed by atoms with Gasteiger partial charge in [0.1, 0.15) is 12.3 Å². The van der Waals surface area contributed by atoms with E-state index >= 15 is 0 Å². The Hall–Kier alpha value is -4.86. The van der Waals surface area contributed by atoms with Crippen LogP contribution in [0.4, 0.5) is 21.9 Å². The predicted molar refractivity (Wildman–Crippen MR) is 145 cm³/mol. The number of benzene rings is 3. The number of carbonyl (C=O) groups is 4. The lowest BCUT2D eigenvalue weighted by Crippen LogP contribution is -2.46. The Morgan fingerprint density at radius 3 is 2.26 bits per heavy atom. The van der Waals surface area contributed by atoms with Crippen LogP contribution in [0.25, 0.3) is 0 Å². The molecule has 3 rings (SSSR count). The monoisotopic (exact) mass is 518 g/mol. The first-order chi connectivity index (χ1) is 18.2. The Morgan fingerprint density at radius 2 is 1.58 bits per heavy atom. The average Bonchev–Trinajstić information content (AvgIpc) is 2.94. The van der Waals surface area contributed by atoms with Crippen LogP contribution in [0.15, 0.2) is 78.9 Å². The van der Waals surface area contributed by atoms with Crippen LogP contribution < -0.4 is 25.2 Å². The lowest BCUT2D eigenvalue weighted by atomic mass is 10.0. The number of amides is 4. The molecule has 1 unspecified atom stereocenters. The number of likely N-dealkylation sites (N-methyl/N-ethyl adjacent to an activating group) is 1. The first-order valence-electron chi connectivity index (χ1n) is 11.8. The highest BCUT2D eigenvalue weighted by Crippen LogP contribution is 2.22. The summed E-state index contributed by atoms with van der Waals surface area (Å²) in [6.45, 7) is 0.885. The van der Waals surface area contributed by atoms with Crippen molar-refractivity contribution in [3.63, 3.8) is 0 Å². The summed E-state index contributed by atoms with van der Waals surface area (Å²) < 4.78 is 5.26. The summed E-state index contributed by atoms with van der Waals surface area (Å²) in [6, 6.07) is 21.5. The normalized spacial score (nSPS) is 11.1. The van der Waals surface area contributed by atoms with Crippen molar-refractivity contribution in [2.24, 2.45) is 0 Å². The molecule has 4 amide bonds. The Kier molecular flexibility index (Phi) is 9.42. The maximum atomic E-state index is 13.2. The van der Waals surface area contributed by atoms with Crippen molar-refractivity contribution in [2.45, 2.75) is 12.8 Å². The number of urea groups is 1. The van der Waals surface area contributed by atoms with E-state index in [1.807, 2.05) is 18.2 Å². The van der Waals surface area contributed by atoms with E-state index in [-0.39, 0.29) is 12.5 Å². The molecule has 38 heavy (non-hydrogen) atoms. The number of carboxylic acids is 1. The van der Waals surface area contributed by atoms with Crippen LogP contribution in [0.3, 0.4) is 0 Å². The molecule has 0 aliphatic carbocycles. The van der Waals surface area contributed by atoms with Crippen LogP contribution in [-0.2, 0) is 14.4 Å². The van der Waals surface area contributed by atoms with E-state index in [0.717, 1.165) is 0 Å². The second kappa shape index (κ2) is 12.9. The van der Waals surface area contributed by atoms with E-state index in [1.54, 1.807) is 74.6 Å². The minimum atomic E-state index is -0.984. The van der Waals surface area contributed by atoms with Gasteiger partial charge in [0, 0.05) is 30.2 Å². The molecule has 0 bridgehead atoms. The summed E-state index contributed by atoms with van der Waals surface area (Å²) in [4.78, 5) is 52.8. The molecular formula is C28H30N4O6. The molecule has 0 fully saturated rings. The molecule has 0 spiro atoms. The van der Waals surface area contributed by atoms with Gasteiger partial charge >= 0.3 is 12.0 Å². The number of nitrogens with one attached hydrogen (secondary N) is 2. The standard InChI is InChI=1S/C28H30N4O6/c1-19(27(35)36)20-9-7-10-21(15-20)30-28(37)29-17-25(33)32(23-13-8-14-24(16-23)38-3)18-26(34)31(2)22-11-5-4-6-12-22/h4-16,19H,17-18H2,1-3H3,(H,35,36)(H2,29,30,37). The molecule has 0 saturated carbocycles. The second-order valence-electron chi connectivity index (χ2n) is 8.46. The largest absolute Gasteiger partial charge is 0.497 e. The zero-order valence-corrected chi connectivity index (χ0v) is 21.4. The summed E-state index contributed by atoms with van der Waals surface area (Å²) in [5, 5.41) is 14.3. The summed E-state index contributed by atoms with van der Waals surface area (Å²) in [5.41, 5.74) is 2.01. The highest BCUT2D eigenvalue weighted by atomic mass is 16.5. The average molecular weight is 519 g/mol. The molecule has 10 nitrogen and oxygen atoms in total. The number of methoxy groups -OCH3 is 1. The van der Waals surface area contributed by atoms with Crippen LogP contribution in [0, 0.1) is 0 Å².